The third-order valence-corrected chi connectivity index (χ3v) is 11.7. The number of aliphatic hydroxyl groups excluding tert-OH is 7. The second-order valence-corrected chi connectivity index (χ2v) is 17.6. The van der Waals surface area contributed by atoms with Crippen LogP contribution in [-0.4, -0.2) is 142 Å². The summed E-state index contributed by atoms with van der Waals surface area (Å²) in [5.74, 6) is -0.398. The SMILES string of the molecule is CC/C=C\C/C=C\C/C=C\C/C=C\C/C=C\C/C=C\CCCOCC(COC1OC(COC2OC(CO)C(O)C(O)C2O)C(O)C(O)C1O)OC(=O)CCCCCCCCCCCCCCC. The lowest BCUT2D eigenvalue weighted by Gasteiger charge is -2.42. The average molecular weight is 951 g/mol. The molecule has 11 unspecified atom stereocenters. The number of unbranched alkanes of at least 4 members (excludes halogenated alkanes) is 13. The number of ether oxygens (including phenoxy) is 6. The largest absolute Gasteiger partial charge is 0.457 e. The molecule has 386 valence electrons. The molecule has 0 aromatic rings. The smallest absolute Gasteiger partial charge is 0.306 e. The normalized spacial score (nSPS) is 26.7. The van der Waals surface area contributed by atoms with E-state index in [1.165, 1.54) is 57.8 Å². The number of allylic oxidation sites excluding steroid dienone is 12. The molecule has 0 saturated carbocycles. The average Bonchev–Trinajstić information content (AvgIpc) is 3.32. The number of aliphatic hydroxyl groups is 7. The molecule has 7 N–H and O–H groups in total. The number of carbonyl (C=O) groups is 1. The zero-order valence-electron chi connectivity index (χ0n) is 40.9. The lowest BCUT2D eigenvalue weighted by Crippen LogP contribution is -2.61. The van der Waals surface area contributed by atoms with Crippen LogP contribution in [0, 0.1) is 0 Å². The van der Waals surface area contributed by atoms with Crippen molar-refractivity contribution < 1.29 is 69.0 Å². The predicted octanol–water partition coefficient (Wildman–Crippen LogP) is 7.51. The van der Waals surface area contributed by atoms with Gasteiger partial charge >= 0.3 is 5.97 Å². The van der Waals surface area contributed by atoms with Gasteiger partial charge in [0.25, 0.3) is 0 Å². The van der Waals surface area contributed by atoms with Crippen LogP contribution in [0.15, 0.2) is 72.9 Å². The summed E-state index contributed by atoms with van der Waals surface area (Å²) in [6, 6.07) is 0. The monoisotopic (exact) mass is 951 g/mol. The van der Waals surface area contributed by atoms with E-state index in [-0.39, 0.29) is 19.6 Å². The molecule has 2 fully saturated rings. The van der Waals surface area contributed by atoms with Gasteiger partial charge in [0.1, 0.15) is 54.9 Å². The van der Waals surface area contributed by atoms with Crippen LogP contribution in [0.2, 0.25) is 0 Å². The molecule has 0 aromatic carbocycles. The van der Waals surface area contributed by atoms with E-state index in [0.717, 1.165) is 70.6 Å². The minimum Gasteiger partial charge on any atom is -0.457 e. The molecule has 67 heavy (non-hydrogen) atoms. The Bertz CT molecular complexity index is 1380. The third kappa shape index (κ3) is 28.0. The van der Waals surface area contributed by atoms with Crippen LogP contribution in [0.5, 0.6) is 0 Å². The lowest BCUT2D eigenvalue weighted by atomic mass is 9.98. The number of esters is 1. The molecular weight excluding hydrogens is 861 g/mol. The fraction of sp³-hybridized carbons (Fsp3) is 0.755. The molecule has 0 radical (unpaired) electrons. The van der Waals surface area contributed by atoms with Gasteiger partial charge in [-0.3, -0.25) is 4.79 Å². The van der Waals surface area contributed by atoms with E-state index in [1.807, 2.05) is 0 Å². The molecular formula is C53H90O14. The van der Waals surface area contributed by atoms with Crippen LogP contribution >= 0.6 is 0 Å². The minimum atomic E-state index is -1.72. The summed E-state index contributed by atoms with van der Waals surface area (Å²) in [4.78, 5) is 13.0. The van der Waals surface area contributed by atoms with Crippen LogP contribution in [0.4, 0.5) is 0 Å². The Labute approximate surface area is 402 Å². The number of hydrogen-bond donors (Lipinski definition) is 7. The van der Waals surface area contributed by atoms with Gasteiger partial charge in [-0.15, -0.1) is 0 Å². The highest BCUT2D eigenvalue weighted by molar-refractivity contribution is 5.69. The van der Waals surface area contributed by atoms with Crippen molar-refractivity contribution in [1.82, 2.24) is 0 Å². The predicted molar refractivity (Wildman–Crippen MR) is 261 cm³/mol. The Hall–Kier alpha value is -2.57. The highest BCUT2D eigenvalue weighted by Gasteiger charge is 2.47. The number of carbonyl (C=O) groups excluding carboxylic acids is 1. The Morgan fingerprint density at radius 3 is 1.46 bits per heavy atom. The van der Waals surface area contributed by atoms with Crippen LogP contribution < -0.4 is 0 Å². The second kappa shape index (κ2) is 40.2. The Kier molecular flexibility index (Phi) is 36.3. The molecule has 2 aliphatic rings. The van der Waals surface area contributed by atoms with Crippen molar-refractivity contribution in [1.29, 1.82) is 0 Å². The number of hydrogen-bond acceptors (Lipinski definition) is 14. The molecule has 0 spiro atoms. The molecule has 14 nitrogen and oxygen atoms in total. The summed E-state index contributed by atoms with van der Waals surface area (Å²) >= 11 is 0. The highest BCUT2D eigenvalue weighted by atomic mass is 16.7. The molecule has 2 aliphatic heterocycles. The van der Waals surface area contributed by atoms with Gasteiger partial charge in [-0.05, 0) is 57.8 Å². The minimum absolute atomic E-state index is 0.0196. The van der Waals surface area contributed by atoms with Crippen molar-refractivity contribution in [2.75, 3.05) is 33.0 Å². The van der Waals surface area contributed by atoms with Crippen LogP contribution in [0.1, 0.15) is 155 Å². The third-order valence-electron chi connectivity index (χ3n) is 11.7. The first kappa shape index (κ1) is 60.6. The van der Waals surface area contributed by atoms with E-state index in [9.17, 15) is 40.5 Å². The maximum absolute atomic E-state index is 13.0. The molecule has 2 heterocycles. The quantitative estimate of drug-likeness (QED) is 0.0181. The Morgan fingerprint density at radius 1 is 0.507 bits per heavy atom. The van der Waals surface area contributed by atoms with Crippen LogP contribution in [-0.2, 0) is 33.2 Å². The van der Waals surface area contributed by atoms with E-state index in [4.69, 9.17) is 28.4 Å². The molecule has 0 aromatic heterocycles. The molecule has 2 saturated heterocycles. The Morgan fingerprint density at radius 2 is 0.955 bits per heavy atom. The maximum atomic E-state index is 13.0. The van der Waals surface area contributed by atoms with E-state index >= 15 is 0 Å². The van der Waals surface area contributed by atoms with Gasteiger partial charge in [0.2, 0.25) is 0 Å². The molecule has 0 aliphatic carbocycles. The highest BCUT2D eigenvalue weighted by Crippen LogP contribution is 2.26. The van der Waals surface area contributed by atoms with E-state index in [2.05, 4.69) is 86.8 Å². The summed E-state index contributed by atoms with van der Waals surface area (Å²) in [6.07, 6.45) is 32.6. The van der Waals surface area contributed by atoms with Crippen LogP contribution in [0.3, 0.4) is 0 Å². The van der Waals surface area contributed by atoms with Crippen molar-refractivity contribution in [3.8, 4) is 0 Å². The second-order valence-electron chi connectivity index (χ2n) is 17.6. The lowest BCUT2D eigenvalue weighted by molar-refractivity contribution is -0.332. The zero-order chi connectivity index (χ0) is 48.7. The summed E-state index contributed by atoms with van der Waals surface area (Å²) < 4.78 is 34.2. The van der Waals surface area contributed by atoms with Crippen molar-refractivity contribution in [3.05, 3.63) is 72.9 Å². The van der Waals surface area contributed by atoms with Gasteiger partial charge in [0.05, 0.1) is 26.4 Å². The first-order valence-electron chi connectivity index (χ1n) is 25.5. The van der Waals surface area contributed by atoms with Gasteiger partial charge in [-0.1, -0.05) is 164 Å². The molecule has 2 rings (SSSR count). The number of rotatable bonds is 39. The fourth-order valence-electron chi connectivity index (χ4n) is 7.59. The van der Waals surface area contributed by atoms with Gasteiger partial charge in [0.15, 0.2) is 12.6 Å². The van der Waals surface area contributed by atoms with Gasteiger partial charge < -0.3 is 64.2 Å². The standard InChI is InChI=1S/C53H90O14/c1-3-5-7-9-11-13-15-17-18-19-20-21-22-23-25-27-29-31-33-35-37-62-39-42(65-45(55)36-34-32-30-28-26-24-16-14-12-10-8-6-4-2)40-63-52-51(61)49(59)47(57)44(67-52)41-64-53-50(60)48(58)46(56)43(38-54)66-53/h5,7,11,13,17-18,20-21,23,25,29,31,42-44,46-54,56-61H,3-4,6,8-10,12,14-16,19,22,24,26-28,30,32-41H2,1-2H3/b7-5-,13-11-,18-17-,21-20-,25-23-,31-29-. The molecule has 14 heteroatoms. The first-order chi connectivity index (χ1) is 32.6. The van der Waals surface area contributed by atoms with Crippen molar-refractivity contribution >= 4 is 5.97 Å². The Balaban J connectivity index is 1.80. The van der Waals surface area contributed by atoms with E-state index < -0.39 is 86.7 Å². The van der Waals surface area contributed by atoms with Crippen LogP contribution in [0.25, 0.3) is 0 Å². The summed E-state index contributed by atoms with van der Waals surface area (Å²) in [5.41, 5.74) is 0. The summed E-state index contributed by atoms with van der Waals surface area (Å²) in [7, 11) is 0. The molecule has 0 amide bonds. The zero-order valence-corrected chi connectivity index (χ0v) is 40.9. The van der Waals surface area contributed by atoms with Crippen molar-refractivity contribution in [2.45, 2.75) is 223 Å². The van der Waals surface area contributed by atoms with Gasteiger partial charge in [-0.25, -0.2) is 0 Å². The van der Waals surface area contributed by atoms with Gasteiger partial charge in [0, 0.05) is 13.0 Å². The summed E-state index contributed by atoms with van der Waals surface area (Å²) in [6.45, 7) is 3.40. The topological polar surface area (TPSA) is 214 Å². The first-order valence-corrected chi connectivity index (χ1v) is 25.5. The van der Waals surface area contributed by atoms with E-state index in [0.29, 0.717) is 13.0 Å². The fourth-order valence-corrected chi connectivity index (χ4v) is 7.59. The molecule has 11 atom stereocenters. The summed E-state index contributed by atoms with van der Waals surface area (Å²) in [5, 5.41) is 72.1. The maximum Gasteiger partial charge on any atom is 0.306 e. The van der Waals surface area contributed by atoms with E-state index in [1.54, 1.807) is 0 Å². The van der Waals surface area contributed by atoms with Gasteiger partial charge in [-0.2, -0.15) is 0 Å². The van der Waals surface area contributed by atoms with Crippen molar-refractivity contribution in [2.24, 2.45) is 0 Å². The van der Waals surface area contributed by atoms with Crippen molar-refractivity contribution in [3.63, 3.8) is 0 Å². The molecule has 0 bridgehead atoms.